The average molecular weight is 340 g/mol. The maximum Gasteiger partial charge on any atom is 0.0905 e. The van der Waals surface area contributed by atoms with Gasteiger partial charge < -0.3 is 5.73 Å². The van der Waals surface area contributed by atoms with E-state index >= 15 is 0 Å². The van der Waals surface area contributed by atoms with Gasteiger partial charge in [0.2, 0.25) is 0 Å². The first-order chi connectivity index (χ1) is 9.49. The standard InChI is InChI=1S/C14H22BrN5/c1-5-10-7-12(19(6-2)18-10)13(16)14-11(15)8-17-20(14)9(3)4/h7-9,13H,5-6,16H2,1-4H3. The second kappa shape index (κ2) is 6.10. The highest BCUT2D eigenvalue weighted by Crippen LogP contribution is 2.29. The van der Waals surface area contributed by atoms with E-state index in [0.717, 1.165) is 34.5 Å². The van der Waals surface area contributed by atoms with Crippen molar-refractivity contribution in [2.24, 2.45) is 5.73 Å². The minimum atomic E-state index is -0.234. The van der Waals surface area contributed by atoms with Gasteiger partial charge in [0.1, 0.15) is 0 Å². The molecular weight excluding hydrogens is 318 g/mol. The largest absolute Gasteiger partial charge is 0.318 e. The lowest BCUT2D eigenvalue weighted by Crippen LogP contribution is -2.22. The number of aryl methyl sites for hydroxylation is 2. The lowest BCUT2D eigenvalue weighted by Gasteiger charge is -2.18. The van der Waals surface area contributed by atoms with Gasteiger partial charge in [-0.1, -0.05) is 6.92 Å². The van der Waals surface area contributed by atoms with Gasteiger partial charge in [-0.05, 0) is 49.2 Å². The Bertz CT molecular complexity index is 584. The molecule has 2 heterocycles. The van der Waals surface area contributed by atoms with Crippen LogP contribution in [-0.2, 0) is 13.0 Å². The minimum absolute atomic E-state index is 0.234. The molecule has 110 valence electrons. The molecule has 0 spiro atoms. The lowest BCUT2D eigenvalue weighted by atomic mass is 10.1. The second-order valence-corrected chi connectivity index (χ2v) is 5.98. The van der Waals surface area contributed by atoms with Crippen LogP contribution in [0.15, 0.2) is 16.7 Å². The van der Waals surface area contributed by atoms with Crippen molar-refractivity contribution in [1.82, 2.24) is 19.6 Å². The Morgan fingerprint density at radius 3 is 2.60 bits per heavy atom. The first-order valence-electron chi connectivity index (χ1n) is 7.04. The van der Waals surface area contributed by atoms with Crippen LogP contribution in [0.4, 0.5) is 0 Å². The van der Waals surface area contributed by atoms with E-state index in [-0.39, 0.29) is 12.1 Å². The third kappa shape index (κ3) is 2.67. The molecule has 0 aliphatic rings. The van der Waals surface area contributed by atoms with E-state index in [2.05, 4.69) is 59.9 Å². The third-order valence-electron chi connectivity index (χ3n) is 3.41. The van der Waals surface area contributed by atoms with Crippen molar-refractivity contribution in [2.75, 3.05) is 0 Å². The van der Waals surface area contributed by atoms with Gasteiger partial charge in [-0.3, -0.25) is 9.36 Å². The van der Waals surface area contributed by atoms with Crippen molar-refractivity contribution in [3.05, 3.63) is 33.8 Å². The van der Waals surface area contributed by atoms with E-state index in [0.29, 0.717) is 0 Å². The van der Waals surface area contributed by atoms with Crippen molar-refractivity contribution in [1.29, 1.82) is 0 Å². The fourth-order valence-corrected chi connectivity index (χ4v) is 2.88. The molecular formula is C14H22BrN5. The third-order valence-corrected chi connectivity index (χ3v) is 4.02. The number of nitrogens with zero attached hydrogens (tertiary/aromatic N) is 4. The Morgan fingerprint density at radius 1 is 1.35 bits per heavy atom. The monoisotopic (exact) mass is 339 g/mol. The Hall–Kier alpha value is -1.14. The SMILES string of the molecule is CCc1cc(C(N)c2c(Br)cnn2C(C)C)n(CC)n1. The predicted octanol–water partition coefficient (Wildman–Crippen LogP) is 3.05. The zero-order valence-corrected chi connectivity index (χ0v) is 14.1. The average Bonchev–Trinajstić information content (AvgIpc) is 3.01. The maximum atomic E-state index is 6.49. The zero-order valence-electron chi connectivity index (χ0n) is 12.5. The van der Waals surface area contributed by atoms with E-state index in [4.69, 9.17) is 5.73 Å². The number of nitrogens with two attached hydrogens (primary N) is 1. The number of hydrogen-bond donors (Lipinski definition) is 1. The molecule has 0 aliphatic carbocycles. The topological polar surface area (TPSA) is 61.7 Å². The van der Waals surface area contributed by atoms with Gasteiger partial charge in [0, 0.05) is 12.6 Å². The van der Waals surface area contributed by atoms with Gasteiger partial charge in [-0.15, -0.1) is 0 Å². The van der Waals surface area contributed by atoms with Crippen molar-refractivity contribution in [2.45, 2.75) is 52.7 Å². The van der Waals surface area contributed by atoms with Crippen molar-refractivity contribution < 1.29 is 0 Å². The zero-order chi connectivity index (χ0) is 14.9. The second-order valence-electron chi connectivity index (χ2n) is 5.12. The van der Waals surface area contributed by atoms with E-state index in [9.17, 15) is 0 Å². The molecule has 0 radical (unpaired) electrons. The summed E-state index contributed by atoms with van der Waals surface area (Å²) in [4.78, 5) is 0. The maximum absolute atomic E-state index is 6.49. The summed E-state index contributed by atoms with van der Waals surface area (Å²) in [6.45, 7) is 9.20. The Labute approximate surface area is 128 Å². The summed E-state index contributed by atoms with van der Waals surface area (Å²) in [5, 5.41) is 8.98. The van der Waals surface area contributed by atoms with Crippen LogP contribution >= 0.6 is 15.9 Å². The van der Waals surface area contributed by atoms with Gasteiger partial charge in [0.05, 0.1) is 33.8 Å². The molecule has 2 aromatic rings. The molecule has 2 rings (SSSR count). The lowest BCUT2D eigenvalue weighted by molar-refractivity contribution is 0.488. The van der Waals surface area contributed by atoms with Crippen LogP contribution in [0.1, 0.15) is 56.9 Å². The molecule has 0 bridgehead atoms. The van der Waals surface area contributed by atoms with Crippen LogP contribution in [0.25, 0.3) is 0 Å². The fourth-order valence-electron chi connectivity index (χ4n) is 2.36. The van der Waals surface area contributed by atoms with Crippen LogP contribution in [0.2, 0.25) is 0 Å². The van der Waals surface area contributed by atoms with Crippen molar-refractivity contribution in [3.8, 4) is 0 Å². The van der Waals surface area contributed by atoms with Crippen molar-refractivity contribution in [3.63, 3.8) is 0 Å². The van der Waals surface area contributed by atoms with Crippen LogP contribution in [0.5, 0.6) is 0 Å². The summed E-state index contributed by atoms with van der Waals surface area (Å²) in [6.07, 6.45) is 2.72. The summed E-state index contributed by atoms with van der Waals surface area (Å²) in [5.74, 6) is 0. The van der Waals surface area contributed by atoms with Gasteiger partial charge >= 0.3 is 0 Å². The molecule has 0 saturated heterocycles. The predicted molar refractivity (Wildman–Crippen MR) is 83.6 cm³/mol. The highest BCUT2D eigenvalue weighted by Gasteiger charge is 2.23. The smallest absolute Gasteiger partial charge is 0.0905 e. The quantitative estimate of drug-likeness (QED) is 0.910. The number of aromatic nitrogens is 4. The number of hydrogen-bond acceptors (Lipinski definition) is 3. The van der Waals surface area contributed by atoms with E-state index in [1.54, 1.807) is 0 Å². The summed E-state index contributed by atoms with van der Waals surface area (Å²) < 4.78 is 4.89. The van der Waals surface area contributed by atoms with Gasteiger partial charge in [-0.25, -0.2) is 0 Å². The molecule has 2 aromatic heterocycles. The summed E-state index contributed by atoms with van der Waals surface area (Å²) >= 11 is 3.56. The molecule has 1 unspecified atom stereocenters. The minimum Gasteiger partial charge on any atom is -0.318 e. The van der Waals surface area contributed by atoms with Gasteiger partial charge in [0.25, 0.3) is 0 Å². The molecule has 0 amide bonds. The Morgan fingerprint density at radius 2 is 2.05 bits per heavy atom. The molecule has 5 nitrogen and oxygen atoms in total. The highest BCUT2D eigenvalue weighted by atomic mass is 79.9. The molecule has 20 heavy (non-hydrogen) atoms. The normalized spacial score (nSPS) is 13.2. The Balaban J connectivity index is 2.48. The number of halogens is 1. The van der Waals surface area contributed by atoms with Gasteiger partial charge in [-0.2, -0.15) is 10.2 Å². The first-order valence-corrected chi connectivity index (χ1v) is 7.83. The van der Waals surface area contributed by atoms with E-state index < -0.39 is 0 Å². The molecule has 1 atom stereocenters. The Kier molecular flexibility index (Phi) is 4.65. The van der Waals surface area contributed by atoms with E-state index in [1.807, 2.05) is 15.6 Å². The van der Waals surface area contributed by atoms with Crippen molar-refractivity contribution >= 4 is 15.9 Å². The van der Waals surface area contributed by atoms with Gasteiger partial charge in [0.15, 0.2) is 0 Å². The van der Waals surface area contributed by atoms with Crippen LogP contribution in [-0.4, -0.2) is 19.6 Å². The number of rotatable bonds is 5. The van der Waals surface area contributed by atoms with Crippen LogP contribution < -0.4 is 5.73 Å². The molecule has 6 heteroatoms. The molecule has 2 N–H and O–H groups in total. The summed E-state index contributed by atoms with van der Waals surface area (Å²) in [7, 11) is 0. The fraction of sp³-hybridized carbons (Fsp3) is 0.571. The molecule has 0 fully saturated rings. The molecule has 0 aromatic carbocycles. The van der Waals surface area contributed by atoms with Crippen LogP contribution in [0, 0.1) is 0 Å². The molecule has 0 saturated carbocycles. The van der Waals surface area contributed by atoms with E-state index in [1.165, 1.54) is 0 Å². The first kappa shape index (κ1) is 15.3. The highest BCUT2D eigenvalue weighted by molar-refractivity contribution is 9.10. The molecule has 0 aliphatic heterocycles. The summed E-state index contributed by atoms with van der Waals surface area (Å²) in [5.41, 5.74) is 9.60. The van der Waals surface area contributed by atoms with Crippen LogP contribution in [0.3, 0.4) is 0 Å². The summed E-state index contributed by atoms with van der Waals surface area (Å²) in [6, 6.07) is 2.13.